The summed E-state index contributed by atoms with van der Waals surface area (Å²) in [5.41, 5.74) is 2.09. The number of hydrogen-bond acceptors (Lipinski definition) is 9. The molecule has 1 N–H and O–H groups in total. The Balaban J connectivity index is 1.63. The van der Waals surface area contributed by atoms with Gasteiger partial charge in [0.1, 0.15) is 18.7 Å². The maximum Gasteiger partial charge on any atom is 0.263 e. The summed E-state index contributed by atoms with van der Waals surface area (Å²) >= 11 is 6.16. The number of methoxy groups -OCH3 is 1. The van der Waals surface area contributed by atoms with Crippen LogP contribution in [0.15, 0.2) is 59.8 Å². The molecule has 12 heteroatoms. The second kappa shape index (κ2) is 11.8. The molecular weight excluding hydrogens is 530 g/mol. The van der Waals surface area contributed by atoms with Gasteiger partial charge in [0.2, 0.25) is 5.82 Å². The van der Waals surface area contributed by atoms with Crippen LogP contribution in [0.4, 0.5) is 5.82 Å². The standard InChI is InChI=1S/C26H28ClN5O5S/c1-17-19(27)6-5-7-24(17)38(33,34)31-25-26(30-20-10-11-28-15-21(20)29-25)37-16-18-8-9-22(35-4)23(14-18)36-13-12-32(2)3/h5-11,14-15H,12-13,16H2,1-4H3,(H,29,31). The molecule has 38 heavy (non-hydrogen) atoms. The Labute approximate surface area is 226 Å². The molecule has 0 unspecified atom stereocenters. The summed E-state index contributed by atoms with van der Waals surface area (Å²) < 4.78 is 46.3. The zero-order valence-electron chi connectivity index (χ0n) is 21.4. The van der Waals surface area contributed by atoms with Crippen molar-refractivity contribution >= 4 is 38.5 Å². The van der Waals surface area contributed by atoms with Gasteiger partial charge in [-0.1, -0.05) is 23.7 Å². The highest BCUT2D eigenvalue weighted by atomic mass is 35.5. The van der Waals surface area contributed by atoms with Crippen LogP contribution in [0.3, 0.4) is 0 Å². The first-order valence-corrected chi connectivity index (χ1v) is 13.5. The average molecular weight is 558 g/mol. The van der Waals surface area contributed by atoms with E-state index in [0.717, 1.165) is 12.1 Å². The molecule has 2 heterocycles. The summed E-state index contributed by atoms with van der Waals surface area (Å²) in [6.45, 7) is 2.92. The minimum atomic E-state index is -4.05. The second-order valence-electron chi connectivity index (χ2n) is 8.64. The van der Waals surface area contributed by atoms with Crippen molar-refractivity contribution in [3.8, 4) is 17.4 Å². The third-order valence-electron chi connectivity index (χ3n) is 5.57. The van der Waals surface area contributed by atoms with E-state index in [4.69, 9.17) is 25.8 Å². The Morgan fingerprint density at radius 2 is 1.84 bits per heavy atom. The van der Waals surface area contributed by atoms with Crippen LogP contribution in [-0.4, -0.2) is 62.6 Å². The number of nitrogens with one attached hydrogen (secondary N) is 1. The lowest BCUT2D eigenvalue weighted by Crippen LogP contribution is -2.19. The van der Waals surface area contributed by atoms with Crippen molar-refractivity contribution in [3.05, 3.63) is 71.0 Å². The zero-order chi connectivity index (χ0) is 27.3. The first-order chi connectivity index (χ1) is 18.2. The van der Waals surface area contributed by atoms with Gasteiger partial charge in [0.25, 0.3) is 15.9 Å². The topological polar surface area (TPSA) is 116 Å². The van der Waals surface area contributed by atoms with E-state index < -0.39 is 10.0 Å². The summed E-state index contributed by atoms with van der Waals surface area (Å²) in [6.07, 6.45) is 3.07. The fourth-order valence-corrected chi connectivity index (χ4v) is 5.03. The predicted octanol–water partition coefficient (Wildman–Crippen LogP) is 4.32. The van der Waals surface area contributed by atoms with E-state index in [1.807, 2.05) is 31.1 Å². The molecule has 4 aromatic rings. The molecule has 0 aliphatic rings. The smallest absolute Gasteiger partial charge is 0.263 e. The quantitative estimate of drug-likeness (QED) is 0.288. The van der Waals surface area contributed by atoms with Gasteiger partial charge < -0.3 is 19.1 Å². The van der Waals surface area contributed by atoms with Gasteiger partial charge >= 0.3 is 0 Å². The first kappa shape index (κ1) is 27.4. The highest BCUT2D eigenvalue weighted by Crippen LogP contribution is 2.31. The molecule has 0 atom stereocenters. The summed E-state index contributed by atoms with van der Waals surface area (Å²) in [7, 11) is 1.45. The zero-order valence-corrected chi connectivity index (χ0v) is 23.0. The van der Waals surface area contributed by atoms with Crippen LogP contribution in [0.5, 0.6) is 17.4 Å². The highest BCUT2D eigenvalue weighted by Gasteiger charge is 2.22. The van der Waals surface area contributed by atoms with Gasteiger partial charge in [-0.2, -0.15) is 0 Å². The molecule has 10 nitrogen and oxygen atoms in total. The summed E-state index contributed by atoms with van der Waals surface area (Å²) in [6, 6.07) is 11.8. The second-order valence-corrected chi connectivity index (χ2v) is 10.7. The minimum Gasteiger partial charge on any atom is -0.493 e. The number of aromatic nitrogens is 3. The molecule has 0 aliphatic heterocycles. The van der Waals surface area contributed by atoms with Crippen molar-refractivity contribution in [1.82, 2.24) is 19.9 Å². The molecule has 2 aromatic carbocycles. The third-order valence-corrected chi connectivity index (χ3v) is 7.47. The molecular formula is C26H28ClN5O5S. The summed E-state index contributed by atoms with van der Waals surface area (Å²) in [5.74, 6) is 1.11. The lowest BCUT2D eigenvalue weighted by Gasteiger charge is -2.16. The third kappa shape index (κ3) is 6.42. The molecule has 200 valence electrons. The van der Waals surface area contributed by atoms with Crippen molar-refractivity contribution in [2.24, 2.45) is 0 Å². The maximum atomic E-state index is 13.3. The normalized spacial score (nSPS) is 11.5. The average Bonchev–Trinajstić information content (AvgIpc) is 2.88. The van der Waals surface area contributed by atoms with E-state index >= 15 is 0 Å². The van der Waals surface area contributed by atoms with Crippen LogP contribution in [0.25, 0.3) is 11.0 Å². The minimum absolute atomic E-state index is 0.0119. The number of sulfonamides is 1. The van der Waals surface area contributed by atoms with Crippen molar-refractivity contribution < 1.29 is 22.6 Å². The van der Waals surface area contributed by atoms with Crippen molar-refractivity contribution in [2.75, 3.05) is 39.1 Å². The Morgan fingerprint density at radius 3 is 2.61 bits per heavy atom. The lowest BCUT2D eigenvalue weighted by atomic mass is 10.2. The van der Waals surface area contributed by atoms with Crippen LogP contribution in [0.2, 0.25) is 5.02 Å². The number of nitrogens with zero attached hydrogens (tertiary/aromatic N) is 4. The fourth-order valence-electron chi connectivity index (χ4n) is 3.53. The molecule has 4 rings (SSSR count). The van der Waals surface area contributed by atoms with Gasteiger partial charge in [0.15, 0.2) is 11.5 Å². The van der Waals surface area contributed by atoms with Crippen molar-refractivity contribution in [1.29, 1.82) is 0 Å². The highest BCUT2D eigenvalue weighted by molar-refractivity contribution is 7.92. The number of pyridine rings is 1. The molecule has 0 bridgehead atoms. The molecule has 0 amide bonds. The first-order valence-electron chi connectivity index (χ1n) is 11.6. The van der Waals surface area contributed by atoms with Crippen LogP contribution < -0.4 is 18.9 Å². The number of hydrogen-bond donors (Lipinski definition) is 1. The monoisotopic (exact) mass is 557 g/mol. The van der Waals surface area contributed by atoms with Gasteiger partial charge in [-0.25, -0.2) is 18.4 Å². The van der Waals surface area contributed by atoms with Crippen LogP contribution in [-0.2, 0) is 16.6 Å². The van der Waals surface area contributed by atoms with E-state index in [1.165, 1.54) is 12.3 Å². The summed E-state index contributed by atoms with van der Waals surface area (Å²) in [5, 5.41) is 0.334. The van der Waals surface area contributed by atoms with E-state index in [0.29, 0.717) is 39.7 Å². The predicted molar refractivity (Wildman–Crippen MR) is 146 cm³/mol. The van der Waals surface area contributed by atoms with Gasteiger partial charge in [-0.05, 0) is 62.5 Å². The van der Waals surface area contributed by atoms with Crippen molar-refractivity contribution in [3.63, 3.8) is 0 Å². The SMILES string of the molecule is COc1ccc(COc2nc3ccncc3nc2NS(=O)(=O)c2cccc(Cl)c2C)cc1OCCN(C)C. The van der Waals surface area contributed by atoms with E-state index in [1.54, 1.807) is 44.5 Å². The van der Waals surface area contributed by atoms with Crippen LogP contribution in [0.1, 0.15) is 11.1 Å². The summed E-state index contributed by atoms with van der Waals surface area (Å²) in [4.78, 5) is 15.0. The Bertz CT molecular complexity index is 1550. The number of benzene rings is 2. The van der Waals surface area contributed by atoms with Gasteiger partial charge in [0, 0.05) is 17.8 Å². The molecule has 0 saturated carbocycles. The largest absolute Gasteiger partial charge is 0.493 e. The Morgan fingerprint density at radius 1 is 1.03 bits per heavy atom. The van der Waals surface area contributed by atoms with E-state index in [2.05, 4.69) is 19.7 Å². The molecule has 0 saturated heterocycles. The van der Waals surface area contributed by atoms with Crippen molar-refractivity contribution in [2.45, 2.75) is 18.4 Å². The maximum absolute atomic E-state index is 13.3. The van der Waals surface area contributed by atoms with Crippen LogP contribution in [0, 0.1) is 6.92 Å². The van der Waals surface area contributed by atoms with Crippen LogP contribution >= 0.6 is 11.6 Å². The number of anilines is 1. The molecule has 0 radical (unpaired) electrons. The van der Waals surface area contributed by atoms with E-state index in [9.17, 15) is 8.42 Å². The Kier molecular flexibility index (Phi) is 8.50. The number of likely N-dealkylation sites (N-methyl/N-ethyl adjacent to an activating group) is 1. The van der Waals surface area contributed by atoms with Gasteiger partial charge in [-0.15, -0.1) is 0 Å². The van der Waals surface area contributed by atoms with Gasteiger partial charge in [0.05, 0.1) is 23.7 Å². The molecule has 2 aromatic heterocycles. The Hall–Kier alpha value is -3.67. The lowest BCUT2D eigenvalue weighted by molar-refractivity contribution is 0.249. The number of fused-ring (bicyclic) bond motifs is 1. The van der Waals surface area contributed by atoms with Gasteiger partial charge in [-0.3, -0.25) is 9.71 Å². The molecule has 0 aliphatic carbocycles. The molecule has 0 fully saturated rings. The van der Waals surface area contributed by atoms with E-state index in [-0.39, 0.29) is 23.2 Å². The molecule has 0 spiro atoms. The fraction of sp³-hybridized carbons (Fsp3) is 0.269. The number of ether oxygens (including phenoxy) is 3. The number of rotatable bonds is 11. The number of halogens is 1.